The number of piperidine rings is 2. The third kappa shape index (κ3) is 5.99. The van der Waals surface area contributed by atoms with Gasteiger partial charge in [-0.1, -0.05) is 18.6 Å². The van der Waals surface area contributed by atoms with Crippen molar-refractivity contribution in [2.24, 2.45) is 0 Å². The lowest BCUT2D eigenvalue weighted by molar-refractivity contribution is -0.122. The SMILES string of the molecule is Cc1cccc(OCCNC(=O)CN2CCC(N3CCCCC3)CC2)c1. The van der Waals surface area contributed by atoms with E-state index in [0.29, 0.717) is 19.7 Å². The van der Waals surface area contributed by atoms with E-state index in [4.69, 9.17) is 4.74 Å². The van der Waals surface area contributed by atoms with Crippen molar-refractivity contribution in [2.45, 2.75) is 45.1 Å². The second-order valence-corrected chi connectivity index (χ2v) is 7.62. The largest absolute Gasteiger partial charge is 0.492 e. The number of nitrogens with one attached hydrogen (secondary N) is 1. The number of carbonyl (C=O) groups is 1. The van der Waals surface area contributed by atoms with Gasteiger partial charge in [0.15, 0.2) is 0 Å². The molecule has 2 saturated heterocycles. The van der Waals surface area contributed by atoms with Crippen LogP contribution in [0.1, 0.15) is 37.7 Å². The van der Waals surface area contributed by atoms with Crippen LogP contribution in [0.4, 0.5) is 0 Å². The molecule has 144 valence electrons. The summed E-state index contributed by atoms with van der Waals surface area (Å²) in [6.45, 7) is 8.23. The molecule has 0 radical (unpaired) electrons. The Morgan fingerprint density at radius 2 is 1.92 bits per heavy atom. The molecule has 1 aromatic carbocycles. The van der Waals surface area contributed by atoms with Gasteiger partial charge in [0.2, 0.25) is 5.91 Å². The lowest BCUT2D eigenvalue weighted by atomic mass is 10.00. The summed E-state index contributed by atoms with van der Waals surface area (Å²) in [6, 6.07) is 8.72. The highest BCUT2D eigenvalue weighted by Crippen LogP contribution is 2.20. The molecule has 0 spiro atoms. The summed E-state index contributed by atoms with van der Waals surface area (Å²) >= 11 is 0. The van der Waals surface area contributed by atoms with E-state index in [0.717, 1.165) is 24.9 Å². The number of rotatable bonds is 7. The Balaban J connectivity index is 1.28. The number of aryl methyl sites for hydroxylation is 1. The average molecular weight is 360 g/mol. The van der Waals surface area contributed by atoms with Gasteiger partial charge in [0.1, 0.15) is 12.4 Å². The molecule has 0 atom stereocenters. The van der Waals surface area contributed by atoms with Gasteiger partial charge in [-0.2, -0.15) is 0 Å². The Morgan fingerprint density at radius 3 is 2.65 bits per heavy atom. The molecule has 0 saturated carbocycles. The Labute approximate surface area is 157 Å². The van der Waals surface area contributed by atoms with Gasteiger partial charge in [-0.05, 0) is 63.4 Å². The summed E-state index contributed by atoms with van der Waals surface area (Å²) in [7, 11) is 0. The highest BCUT2D eigenvalue weighted by molar-refractivity contribution is 5.78. The Hall–Kier alpha value is -1.59. The van der Waals surface area contributed by atoms with Crippen LogP contribution < -0.4 is 10.1 Å². The molecule has 2 heterocycles. The maximum atomic E-state index is 12.1. The highest BCUT2D eigenvalue weighted by atomic mass is 16.5. The molecule has 0 aromatic heterocycles. The fourth-order valence-electron chi connectivity index (χ4n) is 4.05. The monoisotopic (exact) mass is 359 g/mol. The molecule has 1 N–H and O–H groups in total. The van der Waals surface area contributed by atoms with Crippen LogP contribution in [0.3, 0.4) is 0 Å². The van der Waals surface area contributed by atoms with Crippen LogP contribution in [0.25, 0.3) is 0 Å². The molecule has 2 aliphatic heterocycles. The molecule has 3 rings (SSSR count). The molecule has 26 heavy (non-hydrogen) atoms. The summed E-state index contributed by atoms with van der Waals surface area (Å²) in [6.07, 6.45) is 6.50. The van der Waals surface area contributed by atoms with Crippen LogP contribution in [-0.2, 0) is 4.79 Å². The van der Waals surface area contributed by atoms with E-state index < -0.39 is 0 Å². The highest BCUT2D eigenvalue weighted by Gasteiger charge is 2.26. The number of hydrogen-bond acceptors (Lipinski definition) is 4. The summed E-state index contributed by atoms with van der Waals surface area (Å²) in [5.74, 6) is 0.966. The van der Waals surface area contributed by atoms with E-state index in [9.17, 15) is 4.79 Å². The van der Waals surface area contributed by atoms with E-state index in [1.54, 1.807) is 0 Å². The number of amides is 1. The number of likely N-dealkylation sites (tertiary alicyclic amines) is 2. The van der Waals surface area contributed by atoms with E-state index in [1.807, 2.05) is 31.2 Å². The molecule has 2 aliphatic rings. The van der Waals surface area contributed by atoms with Crippen molar-refractivity contribution >= 4 is 5.91 Å². The topological polar surface area (TPSA) is 44.8 Å². The van der Waals surface area contributed by atoms with Crippen molar-refractivity contribution in [2.75, 3.05) is 45.9 Å². The lowest BCUT2D eigenvalue weighted by Crippen LogP contribution is -2.48. The number of hydrogen-bond donors (Lipinski definition) is 1. The van der Waals surface area contributed by atoms with Gasteiger partial charge in [-0.15, -0.1) is 0 Å². The predicted molar refractivity (Wildman–Crippen MR) is 105 cm³/mol. The van der Waals surface area contributed by atoms with E-state index in [2.05, 4.69) is 15.1 Å². The first-order valence-corrected chi connectivity index (χ1v) is 10.1. The second kappa shape index (κ2) is 9.93. The molecule has 5 nitrogen and oxygen atoms in total. The standard InChI is InChI=1S/C21H33N3O2/c1-18-6-5-7-20(16-18)26-15-10-22-21(25)17-23-13-8-19(9-14-23)24-11-3-2-4-12-24/h5-7,16,19H,2-4,8-15,17H2,1H3,(H,22,25). The van der Waals surface area contributed by atoms with Crippen LogP contribution in [-0.4, -0.2) is 67.6 Å². The van der Waals surface area contributed by atoms with Crippen LogP contribution in [0.15, 0.2) is 24.3 Å². The molecule has 1 aromatic rings. The van der Waals surface area contributed by atoms with Crippen LogP contribution in [0.2, 0.25) is 0 Å². The molecule has 0 bridgehead atoms. The quantitative estimate of drug-likeness (QED) is 0.760. The van der Waals surface area contributed by atoms with Crippen LogP contribution in [0, 0.1) is 6.92 Å². The first-order valence-electron chi connectivity index (χ1n) is 10.1. The van der Waals surface area contributed by atoms with Gasteiger partial charge in [0.25, 0.3) is 0 Å². The summed E-state index contributed by atoms with van der Waals surface area (Å²) in [5.41, 5.74) is 1.18. The van der Waals surface area contributed by atoms with E-state index in [-0.39, 0.29) is 5.91 Å². The van der Waals surface area contributed by atoms with Crippen molar-refractivity contribution in [1.29, 1.82) is 0 Å². The predicted octanol–water partition coefficient (Wildman–Crippen LogP) is 2.44. The van der Waals surface area contributed by atoms with Crippen LogP contribution in [0.5, 0.6) is 5.75 Å². The summed E-state index contributed by atoms with van der Waals surface area (Å²) in [4.78, 5) is 17.1. The van der Waals surface area contributed by atoms with Crippen molar-refractivity contribution in [3.05, 3.63) is 29.8 Å². The van der Waals surface area contributed by atoms with Crippen molar-refractivity contribution in [1.82, 2.24) is 15.1 Å². The minimum absolute atomic E-state index is 0.106. The minimum atomic E-state index is 0.106. The fraction of sp³-hybridized carbons (Fsp3) is 0.667. The van der Waals surface area contributed by atoms with Gasteiger partial charge in [0.05, 0.1) is 13.1 Å². The molecule has 5 heteroatoms. The molecule has 1 amide bonds. The number of benzene rings is 1. The van der Waals surface area contributed by atoms with Gasteiger partial charge in [-0.25, -0.2) is 0 Å². The normalized spacial score (nSPS) is 20.0. The molecule has 0 aliphatic carbocycles. The second-order valence-electron chi connectivity index (χ2n) is 7.62. The maximum absolute atomic E-state index is 12.1. The van der Waals surface area contributed by atoms with Crippen molar-refractivity contribution < 1.29 is 9.53 Å². The summed E-state index contributed by atoms with van der Waals surface area (Å²) in [5, 5.41) is 2.97. The van der Waals surface area contributed by atoms with Gasteiger partial charge in [0, 0.05) is 19.1 Å². The van der Waals surface area contributed by atoms with Gasteiger partial charge in [-0.3, -0.25) is 9.69 Å². The average Bonchev–Trinajstić information content (AvgIpc) is 2.67. The molecular weight excluding hydrogens is 326 g/mol. The Morgan fingerprint density at radius 1 is 1.15 bits per heavy atom. The van der Waals surface area contributed by atoms with E-state index >= 15 is 0 Å². The molecule has 0 unspecified atom stereocenters. The zero-order valence-electron chi connectivity index (χ0n) is 16.1. The third-order valence-electron chi connectivity index (χ3n) is 5.51. The van der Waals surface area contributed by atoms with Gasteiger partial charge < -0.3 is 15.0 Å². The van der Waals surface area contributed by atoms with Crippen molar-refractivity contribution in [3.8, 4) is 5.75 Å². The van der Waals surface area contributed by atoms with Gasteiger partial charge >= 0.3 is 0 Å². The smallest absolute Gasteiger partial charge is 0.234 e. The minimum Gasteiger partial charge on any atom is -0.492 e. The zero-order chi connectivity index (χ0) is 18.2. The summed E-state index contributed by atoms with van der Waals surface area (Å²) < 4.78 is 5.67. The number of ether oxygens (including phenoxy) is 1. The molecule has 2 fully saturated rings. The van der Waals surface area contributed by atoms with Crippen molar-refractivity contribution in [3.63, 3.8) is 0 Å². The maximum Gasteiger partial charge on any atom is 0.234 e. The van der Waals surface area contributed by atoms with E-state index in [1.165, 1.54) is 50.8 Å². The molecular formula is C21H33N3O2. The first kappa shape index (κ1) is 19.2. The fourth-order valence-corrected chi connectivity index (χ4v) is 4.05. The number of nitrogens with zero attached hydrogens (tertiary/aromatic N) is 2. The number of carbonyl (C=O) groups excluding carboxylic acids is 1. The van der Waals surface area contributed by atoms with Crippen LogP contribution >= 0.6 is 0 Å². The Bertz CT molecular complexity index is 564. The lowest BCUT2D eigenvalue weighted by Gasteiger charge is -2.40. The zero-order valence-corrected chi connectivity index (χ0v) is 16.1. The Kier molecular flexibility index (Phi) is 7.32. The third-order valence-corrected chi connectivity index (χ3v) is 5.51. The first-order chi connectivity index (χ1) is 12.7.